The number of hydrogen-bond donors (Lipinski definition) is 1. The maximum atomic E-state index is 11.7. The van der Waals surface area contributed by atoms with Crippen molar-refractivity contribution >= 4 is 0 Å². The highest BCUT2D eigenvalue weighted by molar-refractivity contribution is 4.60. The average Bonchev–Trinajstić information content (AvgIpc) is 2.11. The third kappa shape index (κ3) is 10.0. The lowest BCUT2D eigenvalue weighted by molar-refractivity contribution is -0.175. The number of hydrogen-bond acceptors (Lipinski definition) is 2. The quantitative estimate of drug-likeness (QED) is 0.679. The molecule has 0 fully saturated rings. The fourth-order valence-corrected chi connectivity index (χ4v) is 1.16. The molecule has 0 rings (SSSR count). The first-order valence-electron chi connectivity index (χ1n) is 5.17. The van der Waals surface area contributed by atoms with E-state index in [4.69, 9.17) is 0 Å². The van der Waals surface area contributed by atoms with Crippen molar-refractivity contribution in [2.45, 2.75) is 45.4 Å². The van der Waals surface area contributed by atoms with Gasteiger partial charge in [0.2, 0.25) is 0 Å². The number of alkyl halides is 3. The molecule has 0 saturated carbocycles. The van der Waals surface area contributed by atoms with Gasteiger partial charge in [-0.3, -0.25) is 0 Å². The van der Waals surface area contributed by atoms with Crippen molar-refractivity contribution in [1.29, 1.82) is 0 Å². The van der Waals surface area contributed by atoms with Gasteiger partial charge in [-0.15, -0.1) is 0 Å². The van der Waals surface area contributed by atoms with Crippen LogP contribution in [0.15, 0.2) is 0 Å². The van der Waals surface area contributed by atoms with E-state index in [1.165, 1.54) is 0 Å². The van der Waals surface area contributed by atoms with Gasteiger partial charge in [-0.1, -0.05) is 20.3 Å². The Balaban J connectivity index is 3.43. The standard InChI is InChI=1S/C10H19F3O2/c1-3-8(2)6-9(14)4-5-15-7-10(11,12)13/h8-9,14H,3-7H2,1-2H3. The number of aliphatic hydroxyl groups excluding tert-OH is 1. The third-order valence-corrected chi connectivity index (χ3v) is 2.23. The van der Waals surface area contributed by atoms with E-state index in [2.05, 4.69) is 4.74 Å². The lowest BCUT2D eigenvalue weighted by Gasteiger charge is -2.15. The predicted octanol–water partition coefficient (Wildman–Crippen LogP) is 2.75. The molecule has 0 aromatic rings. The second kappa shape index (κ2) is 7.06. The van der Waals surface area contributed by atoms with E-state index >= 15 is 0 Å². The van der Waals surface area contributed by atoms with Gasteiger partial charge in [0.1, 0.15) is 6.61 Å². The molecule has 0 saturated heterocycles. The van der Waals surface area contributed by atoms with Crippen LogP contribution in [0.2, 0.25) is 0 Å². The minimum Gasteiger partial charge on any atom is -0.393 e. The van der Waals surface area contributed by atoms with Crippen molar-refractivity contribution < 1.29 is 23.0 Å². The summed E-state index contributed by atoms with van der Waals surface area (Å²) in [5, 5.41) is 9.42. The van der Waals surface area contributed by atoms with Crippen molar-refractivity contribution in [3.8, 4) is 0 Å². The van der Waals surface area contributed by atoms with Crippen molar-refractivity contribution in [3.63, 3.8) is 0 Å². The van der Waals surface area contributed by atoms with Crippen LogP contribution in [0.4, 0.5) is 13.2 Å². The Morgan fingerprint density at radius 2 is 1.93 bits per heavy atom. The van der Waals surface area contributed by atoms with Crippen LogP contribution in [0.5, 0.6) is 0 Å². The van der Waals surface area contributed by atoms with Gasteiger partial charge in [-0.25, -0.2) is 0 Å². The van der Waals surface area contributed by atoms with Gasteiger partial charge in [-0.05, 0) is 18.8 Å². The molecule has 2 atom stereocenters. The molecule has 0 aliphatic heterocycles. The largest absolute Gasteiger partial charge is 0.411 e. The predicted molar refractivity (Wildman–Crippen MR) is 51.6 cm³/mol. The van der Waals surface area contributed by atoms with Crippen LogP contribution >= 0.6 is 0 Å². The molecule has 0 aliphatic carbocycles. The third-order valence-electron chi connectivity index (χ3n) is 2.23. The molecule has 15 heavy (non-hydrogen) atoms. The van der Waals surface area contributed by atoms with Gasteiger partial charge in [0.15, 0.2) is 0 Å². The zero-order valence-electron chi connectivity index (χ0n) is 9.18. The summed E-state index contributed by atoms with van der Waals surface area (Å²) in [4.78, 5) is 0. The van der Waals surface area contributed by atoms with Crippen LogP contribution in [0.25, 0.3) is 0 Å². The lowest BCUT2D eigenvalue weighted by Crippen LogP contribution is -2.20. The van der Waals surface area contributed by atoms with Gasteiger partial charge in [0.25, 0.3) is 0 Å². The Hall–Kier alpha value is -0.290. The van der Waals surface area contributed by atoms with Gasteiger partial charge in [0, 0.05) is 6.61 Å². The Labute approximate surface area is 88.4 Å². The van der Waals surface area contributed by atoms with Gasteiger partial charge in [0.05, 0.1) is 6.10 Å². The van der Waals surface area contributed by atoms with Crippen molar-refractivity contribution in [3.05, 3.63) is 0 Å². The van der Waals surface area contributed by atoms with Gasteiger partial charge < -0.3 is 9.84 Å². The summed E-state index contributed by atoms with van der Waals surface area (Å²) < 4.78 is 39.4. The van der Waals surface area contributed by atoms with Crippen LogP contribution in [0.3, 0.4) is 0 Å². The summed E-state index contributed by atoms with van der Waals surface area (Å²) >= 11 is 0. The molecule has 0 amide bonds. The summed E-state index contributed by atoms with van der Waals surface area (Å²) in [7, 11) is 0. The first kappa shape index (κ1) is 14.7. The van der Waals surface area contributed by atoms with Crippen molar-refractivity contribution in [1.82, 2.24) is 0 Å². The minimum atomic E-state index is -4.28. The monoisotopic (exact) mass is 228 g/mol. The molecule has 92 valence electrons. The van der Waals surface area contributed by atoms with E-state index in [1.54, 1.807) is 0 Å². The fourth-order valence-electron chi connectivity index (χ4n) is 1.16. The molecule has 0 heterocycles. The number of ether oxygens (including phenoxy) is 1. The Morgan fingerprint density at radius 1 is 1.33 bits per heavy atom. The second-order valence-corrected chi connectivity index (χ2v) is 3.86. The molecule has 0 aromatic carbocycles. The fraction of sp³-hybridized carbons (Fsp3) is 1.00. The van der Waals surface area contributed by atoms with Crippen molar-refractivity contribution in [2.75, 3.05) is 13.2 Å². The zero-order chi connectivity index (χ0) is 11.9. The topological polar surface area (TPSA) is 29.5 Å². The van der Waals surface area contributed by atoms with Crippen LogP contribution in [-0.2, 0) is 4.74 Å². The van der Waals surface area contributed by atoms with E-state index in [1.807, 2.05) is 13.8 Å². The Morgan fingerprint density at radius 3 is 2.40 bits per heavy atom. The average molecular weight is 228 g/mol. The Bertz CT molecular complexity index is 159. The normalized spacial score (nSPS) is 16.4. The second-order valence-electron chi connectivity index (χ2n) is 3.86. The molecule has 0 spiro atoms. The number of rotatable bonds is 7. The van der Waals surface area contributed by atoms with E-state index in [0.717, 1.165) is 6.42 Å². The molecule has 1 N–H and O–H groups in total. The first-order chi connectivity index (χ1) is 6.85. The number of aliphatic hydroxyl groups is 1. The first-order valence-corrected chi connectivity index (χ1v) is 5.17. The highest BCUT2D eigenvalue weighted by Crippen LogP contribution is 2.15. The molecule has 0 aromatic heterocycles. The molecule has 0 aliphatic rings. The molecule has 5 heteroatoms. The van der Waals surface area contributed by atoms with Crippen LogP contribution < -0.4 is 0 Å². The molecule has 2 unspecified atom stereocenters. The summed E-state index contributed by atoms with van der Waals surface area (Å²) in [5.41, 5.74) is 0. The van der Waals surface area contributed by atoms with E-state index in [9.17, 15) is 18.3 Å². The van der Waals surface area contributed by atoms with Gasteiger partial charge >= 0.3 is 6.18 Å². The summed E-state index contributed by atoms with van der Waals surface area (Å²) in [6.07, 6.45) is -3.00. The maximum absolute atomic E-state index is 11.7. The van der Waals surface area contributed by atoms with E-state index < -0.39 is 18.9 Å². The van der Waals surface area contributed by atoms with Gasteiger partial charge in [-0.2, -0.15) is 13.2 Å². The van der Waals surface area contributed by atoms with Crippen LogP contribution in [0, 0.1) is 5.92 Å². The highest BCUT2D eigenvalue weighted by atomic mass is 19.4. The Kier molecular flexibility index (Phi) is 6.92. The summed E-state index contributed by atoms with van der Waals surface area (Å²) in [6.45, 7) is 2.73. The smallest absolute Gasteiger partial charge is 0.393 e. The summed E-state index contributed by atoms with van der Waals surface area (Å²) in [6, 6.07) is 0. The highest BCUT2D eigenvalue weighted by Gasteiger charge is 2.27. The molecular weight excluding hydrogens is 209 g/mol. The molecule has 0 radical (unpaired) electrons. The molecule has 0 bridgehead atoms. The summed E-state index contributed by atoms with van der Waals surface area (Å²) in [5.74, 6) is 0.391. The SMILES string of the molecule is CCC(C)CC(O)CCOCC(F)(F)F. The lowest BCUT2D eigenvalue weighted by atomic mass is 10.00. The zero-order valence-corrected chi connectivity index (χ0v) is 9.18. The maximum Gasteiger partial charge on any atom is 0.411 e. The van der Waals surface area contributed by atoms with E-state index in [0.29, 0.717) is 12.3 Å². The van der Waals surface area contributed by atoms with Crippen molar-refractivity contribution in [2.24, 2.45) is 5.92 Å². The molecular formula is C10H19F3O2. The minimum absolute atomic E-state index is 0.0445. The van der Waals surface area contributed by atoms with E-state index in [-0.39, 0.29) is 13.0 Å². The number of halogens is 3. The molecule has 2 nitrogen and oxygen atoms in total. The van der Waals surface area contributed by atoms with Crippen LogP contribution in [0.1, 0.15) is 33.1 Å². The van der Waals surface area contributed by atoms with Crippen LogP contribution in [-0.4, -0.2) is 30.6 Å².